The molecule has 3 aliphatic rings. The minimum absolute atomic E-state index is 0.0221. The van der Waals surface area contributed by atoms with Crippen molar-refractivity contribution in [3.63, 3.8) is 0 Å². The number of aromatic nitrogens is 3. The maximum absolute atomic E-state index is 13.9. The van der Waals surface area contributed by atoms with Crippen LogP contribution in [0, 0.1) is 11.8 Å². The van der Waals surface area contributed by atoms with Gasteiger partial charge in [-0.15, -0.1) is 5.10 Å². The number of carbonyl (C=O) groups excluding carboxylic acids is 3. The molecule has 2 fully saturated rings. The highest BCUT2D eigenvalue weighted by Crippen LogP contribution is 2.37. The smallest absolute Gasteiger partial charge is 0.276 e. The Kier molecular flexibility index (Phi) is 9.32. The van der Waals surface area contributed by atoms with E-state index in [-0.39, 0.29) is 35.6 Å². The molecule has 6 rings (SSSR count). The number of likely N-dealkylation sites (tertiary alicyclic amines) is 1. The number of carbonyl (C=O) groups is 3. The maximum atomic E-state index is 13.9. The summed E-state index contributed by atoms with van der Waals surface area (Å²) in [5.41, 5.74) is 3.20. The monoisotopic (exact) mass is 614 g/mol. The van der Waals surface area contributed by atoms with Crippen molar-refractivity contribution >= 4 is 17.7 Å². The van der Waals surface area contributed by atoms with E-state index in [1.54, 1.807) is 25.1 Å². The Hall–Kier alpha value is -4.41. The minimum atomic E-state index is -0.136. The Labute approximate surface area is 263 Å². The number of nitrogens with zero attached hydrogens (tertiary/aromatic N) is 5. The number of rotatable bonds is 4. The summed E-state index contributed by atoms with van der Waals surface area (Å²) in [5.74, 6) is 1.67. The average Bonchev–Trinajstić information content (AvgIpc) is 3.56. The van der Waals surface area contributed by atoms with Gasteiger partial charge in [0, 0.05) is 45.1 Å². The molecule has 1 aromatic heterocycles. The molecule has 11 nitrogen and oxygen atoms in total. The van der Waals surface area contributed by atoms with Crippen molar-refractivity contribution in [2.45, 2.75) is 57.4 Å². The number of nitrogens with one attached hydrogen (secondary N) is 1. The van der Waals surface area contributed by atoms with Gasteiger partial charge in [0.2, 0.25) is 11.8 Å². The van der Waals surface area contributed by atoms with E-state index in [0.717, 1.165) is 42.5 Å². The molecule has 238 valence electrons. The van der Waals surface area contributed by atoms with Crippen LogP contribution in [0.3, 0.4) is 0 Å². The van der Waals surface area contributed by atoms with Crippen LogP contribution in [0.1, 0.15) is 60.1 Å². The van der Waals surface area contributed by atoms with Crippen LogP contribution in [0.25, 0.3) is 5.69 Å². The van der Waals surface area contributed by atoms with E-state index in [2.05, 4.69) is 26.6 Å². The molecule has 0 aliphatic carbocycles. The second kappa shape index (κ2) is 13.7. The standard InChI is InChI=1S/C34H42N6O5/c1-44-30-18-23-13-14-32(42)39-20-24-17-26(29(39)11-6-12-31(41)35-15-7-8-25(16-23)33(30)45-2)21-38(19-24)34(43)28-22-40(37-36-28)27-9-4-3-5-10-27/h3-5,9-10,16,18,22,24,26,29H,6-8,11-15,17,19-21H2,1-2H3,(H,35,41)/t24-,26+,29-/m0/s1. The van der Waals surface area contributed by atoms with Crippen LogP contribution < -0.4 is 14.8 Å². The number of methoxy groups -OCH3 is 2. The quantitative estimate of drug-likeness (QED) is 0.478. The second-order valence-corrected chi connectivity index (χ2v) is 12.4. The predicted octanol–water partition coefficient (Wildman–Crippen LogP) is 3.44. The zero-order valence-corrected chi connectivity index (χ0v) is 26.1. The van der Waals surface area contributed by atoms with Crippen molar-refractivity contribution in [2.24, 2.45) is 11.8 Å². The largest absolute Gasteiger partial charge is 0.493 e. The topological polar surface area (TPSA) is 119 Å². The summed E-state index contributed by atoms with van der Waals surface area (Å²) in [5, 5.41) is 11.4. The summed E-state index contributed by atoms with van der Waals surface area (Å²) in [4.78, 5) is 44.1. The van der Waals surface area contributed by atoms with Crippen LogP contribution in [0.2, 0.25) is 0 Å². The van der Waals surface area contributed by atoms with Gasteiger partial charge in [0.25, 0.3) is 5.91 Å². The number of benzene rings is 2. The first kappa shape index (κ1) is 30.6. The van der Waals surface area contributed by atoms with Crippen molar-refractivity contribution < 1.29 is 23.9 Å². The summed E-state index contributed by atoms with van der Waals surface area (Å²) >= 11 is 0. The lowest BCUT2D eigenvalue weighted by atomic mass is 9.77. The number of ether oxygens (including phenoxy) is 2. The molecule has 45 heavy (non-hydrogen) atoms. The molecule has 11 heteroatoms. The van der Waals surface area contributed by atoms with Gasteiger partial charge in [-0.25, -0.2) is 4.68 Å². The van der Waals surface area contributed by atoms with Gasteiger partial charge in [-0.2, -0.15) is 0 Å². The number of amides is 3. The summed E-state index contributed by atoms with van der Waals surface area (Å²) in [6.07, 6.45) is 6.95. The van der Waals surface area contributed by atoms with E-state index < -0.39 is 0 Å². The van der Waals surface area contributed by atoms with Crippen LogP contribution in [-0.2, 0) is 22.4 Å². The number of piperidine rings is 2. The van der Waals surface area contributed by atoms with Crippen LogP contribution in [0.15, 0.2) is 48.7 Å². The fraction of sp³-hybridized carbons (Fsp3) is 0.500. The van der Waals surface area contributed by atoms with Crippen LogP contribution >= 0.6 is 0 Å². The normalized spacial score (nSPS) is 22.8. The number of hydrogen-bond acceptors (Lipinski definition) is 7. The lowest BCUT2D eigenvalue weighted by Crippen LogP contribution is -2.60. The fourth-order valence-corrected chi connectivity index (χ4v) is 7.30. The van der Waals surface area contributed by atoms with Crippen LogP contribution in [0.5, 0.6) is 11.5 Å². The van der Waals surface area contributed by atoms with Crippen LogP contribution in [0.4, 0.5) is 0 Å². The first-order valence-electron chi connectivity index (χ1n) is 16.0. The van der Waals surface area contributed by atoms with Gasteiger partial charge >= 0.3 is 0 Å². The van der Waals surface area contributed by atoms with Gasteiger partial charge in [0.1, 0.15) is 0 Å². The number of fused-ring (bicyclic) bond motifs is 6. The fourth-order valence-electron chi connectivity index (χ4n) is 7.30. The van der Waals surface area contributed by atoms with Gasteiger partial charge < -0.3 is 24.6 Å². The Morgan fingerprint density at radius 1 is 0.956 bits per heavy atom. The van der Waals surface area contributed by atoms with Gasteiger partial charge in [-0.3, -0.25) is 14.4 Å². The molecule has 3 aliphatic heterocycles. The molecule has 2 saturated heterocycles. The molecular formula is C34H42N6O5. The molecule has 1 N–H and O–H groups in total. The predicted molar refractivity (Wildman–Crippen MR) is 167 cm³/mol. The molecule has 0 unspecified atom stereocenters. The number of hydrogen-bond donors (Lipinski definition) is 1. The third-order valence-corrected chi connectivity index (χ3v) is 9.40. The van der Waals surface area contributed by atoms with E-state index in [4.69, 9.17) is 9.47 Å². The first-order chi connectivity index (χ1) is 21.9. The summed E-state index contributed by atoms with van der Waals surface area (Å²) < 4.78 is 12.9. The molecular weight excluding hydrogens is 572 g/mol. The highest BCUT2D eigenvalue weighted by atomic mass is 16.5. The zero-order chi connectivity index (χ0) is 31.3. The summed E-state index contributed by atoms with van der Waals surface area (Å²) in [6, 6.07) is 13.6. The van der Waals surface area contributed by atoms with Crippen molar-refractivity contribution in [3.05, 3.63) is 65.5 Å². The molecule has 4 bridgehead atoms. The lowest BCUT2D eigenvalue weighted by molar-refractivity contribution is -0.140. The Bertz CT molecular complexity index is 1520. The van der Waals surface area contributed by atoms with Gasteiger partial charge in [0.15, 0.2) is 17.2 Å². The molecule has 0 radical (unpaired) electrons. The summed E-state index contributed by atoms with van der Waals surface area (Å²) in [6.45, 7) is 2.31. The lowest BCUT2D eigenvalue weighted by Gasteiger charge is -2.51. The Morgan fingerprint density at radius 3 is 2.60 bits per heavy atom. The van der Waals surface area contributed by atoms with E-state index in [0.29, 0.717) is 69.1 Å². The summed E-state index contributed by atoms with van der Waals surface area (Å²) in [7, 11) is 3.26. The van der Waals surface area contributed by atoms with Gasteiger partial charge in [0.05, 0.1) is 26.1 Å². The van der Waals surface area contributed by atoms with Gasteiger partial charge in [-0.1, -0.05) is 29.5 Å². The van der Waals surface area contributed by atoms with Crippen molar-refractivity contribution in [1.29, 1.82) is 0 Å². The molecule has 0 saturated carbocycles. The van der Waals surface area contributed by atoms with Crippen LogP contribution in [-0.4, -0.2) is 89.0 Å². The Morgan fingerprint density at radius 2 is 1.80 bits per heavy atom. The van der Waals surface area contributed by atoms with Crippen molar-refractivity contribution in [2.75, 3.05) is 40.4 Å². The van der Waals surface area contributed by atoms with Gasteiger partial charge in [-0.05, 0) is 79.7 Å². The molecule has 3 aromatic rings. The van der Waals surface area contributed by atoms with E-state index in [1.165, 1.54) is 0 Å². The third kappa shape index (κ3) is 6.82. The second-order valence-electron chi connectivity index (χ2n) is 12.4. The molecule has 3 amide bonds. The van der Waals surface area contributed by atoms with E-state index >= 15 is 0 Å². The number of aryl methyl sites for hydroxylation is 2. The molecule has 0 spiro atoms. The zero-order valence-electron chi connectivity index (χ0n) is 26.1. The van der Waals surface area contributed by atoms with Crippen molar-refractivity contribution in [1.82, 2.24) is 30.1 Å². The highest BCUT2D eigenvalue weighted by molar-refractivity contribution is 5.92. The van der Waals surface area contributed by atoms with E-state index in [1.807, 2.05) is 41.3 Å². The third-order valence-electron chi connectivity index (χ3n) is 9.40. The molecule has 4 heterocycles. The number of para-hydroxylation sites is 1. The maximum Gasteiger partial charge on any atom is 0.276 e. The van der Waals surface area contributed by atoms with Crippen molar-refractivity contribution in [3.8, 4) is 17.2 Å². The minimum Gasteiger partial charge on any atom is -0.493 e. The average molecular weight is 615 g/mol. The van der Waals surface area contributed by atoms with E-state index in [9.17, 15) is 14.4 Å². The molecule has 2 aromatic carbocycles. The Balaban J connectivity index is 1.20. The SMILES string of the molecule is COc1cc2cc(c1OC)CCCNC(=O)CCC[C@H]1[C@@H]3C[C@@H](CN(C(=O)c4cn(-c5ccccc5)nn4)C3)CN1C(=O)CC2. The molecule has 3 atom stereocenters. The highest BCUT2D eigenvalue weighted by Gasteiger charge is 2.43. The first-order valence-corrected chi connectivity index (χ1v) is 16.0.